The third kappa shape index (κ3) is 3.66. The zero-order chi connectivity index (χ0) is 14.7. The molecule has 3 aliphatic rings. The Balaban J connectivity index is 1.43. The number of carbonyl (C=O) groups is 1. The second-order valence-electron chi connectivity index (χ2n) is 6.24. The molecule has 0 aromatic rings. The minimum Gasteiger partial charge on any atom is -0.368 e. The molecule has 6 heteroatoms. The molecule has 0 spiro atoms. The van der Waals surface area contributed by atoms with Gasteiger partial charge in [-0.05, 0) is 37.9 Å². The molecule has 21 heavy (non-hydrogen) atoms. The lowest BCUT2D eigenvalue weighted by Gasteiger charge is -2.37. The lowest BCUT2D eigenvalue weighted by atomic mass is 10.2. The van der Waals surface area contributed by atoms with E-state index in [1.807, 2.05) is 4.90 Å². The van der Waals surface area contributed by atoms with Gasteiger partial charge in [-0.25, -0.2) is 0 Å². The van der Waals surface area contributed by atoms with Gasteiger partial charge in [0.25, 0.3) is 5.91 Å². The van der Waals surface area contributed by atoms with Crippen LogP contribution < -0.4 is 5.32 Å². The van der Waals surface area contributed by atoms with E-state index < -0.39 is 0 Å². The number of hydrogen-bond acceptors (Lipinski definition) is 3. The van der Waals surface area contributed by atoms with Gasteiger partial charge in [0.1, 0.15) is 6.10 Å². The molecule has 1 saturated carbocycles. The molecule has 3 fully saturated rings. The van der Waals surface area contributed by atoms with E-state index in [1.165, 1.54) is 25.7 Å². The maximum Gasteiger partial charge on any atom is 0.251 e. The molecule has 1 aliphatic carbocycles. The third-order valence-corrected chi connectivity index (χ3v) is 5.14. The van der Waals surface area contributed by atoms with Crippen LogP contribution in [0.15, 0.2) is 0 Å². The molecule has 5 nitrogen and oxygen atoms in total. The average molecular weight is 311 g/mol. The monoisotopic (exact) mass is 311 g/mol. The summed E-state index contributed by atoms with van der Waals surface area (Å²) in [6, 6.07) is 0.559. The van der Waals surface area contributed by atoms with Crippen molar-refractivity contribution in [3.05, 3.63) is 0 Å². The quantitative estimate of drug-likeness (QED) is 0.775. The van der Waals surface area contributed by atoms with Gasteiger partial charge in [0, 0.05) is 38.8 Å². The van der Waals surface area contributed by atoms with E-state index in [1.54, 1.807) is 0 Å². The summed E-state index contributed by atoms with van der Waals surface area (Å²) in [4.78, 5) is 16.4. The highest BCUT2D eigenvalue weighted by molar-refractivity contribution is 7.80. The Morgan fingerprint density at radius 3 is 2.29 bits per heavy atom. The Kier molecular flexibility index (Phi) is 4.95. The van der Waals surface area contributed by atoms with Crippen molar-refractivity contribution in [3.63, 3.8) is 0 Å². The Bertz CT molecular complexity index is 384. The third-order valence-electron chi connectivity index (χ3n) is 4.77. The molecule has 1 amide bonds. The van der Waals surface area contributed by atoms with E-state index in [9.17, 15) is 4.79 Å². The van der Waals surface area contributed by atoms with Gasteiger partial charge in [-0.2, -0.15) is 0 Å². The number of carbonyl (C=O) groups excluding carboxylic acids is 1. The fraction of sp³-hybridized carbons (Fsp3) is 0.867. The van der Waals surface area contributed by atoms with Crippen LogP contribution in [0.3, 0.4) is 0 Å². The molecule has 2 aliphatic heterocycles. The maximum absolute atomic E-state index is 12.3. The van der Waals surface area contributed by atoms with Crippen molar-refractivity contribution in [1.82, 2.24) is 15.1 Å². The molecule has 0 aromatic carbocycles. The standard InChI is InChI=1S/C15H25N3O2S/c19-14(13-6-3-11-20-13)17-7-9-18(10-8-17)15(21)16-12-4-1-2-5-12/h12-13H,1-11H2,(H,16,21). The number of nitrogens with one attached hydrogen (secondary N) is 1. The highest BCUT2D eigenvalue weighted by atomic mass is 32.1. The molecule has 0 bridgehead atoms. The van der Waals surface area contributed by atoms with Crippen LogP contribution in [0.4, 0.5) is 0 Å². The van der Waals surface area contributed by atoms with Crippen molar-refractivity contribution in [2.75, 3.05) is 32.8 Å². The number of ether oxygens (including phenoxy) is 1. The first-order valence-electron chi connectivity index (χ1n) is 8.20. The van der Waals surface area contributed by atoms with Gasteiger partial charge in [0.05, 0.1) is 0 Å². The number of rotatable bonds is 2. The Morgan fingerprint density at radius 2 is 1.67 bits per heavy atom. The second kappa shape index (κ2) is 6.92. The molecule has 1 N–H and O–H groups in total. The van der Waals surface area contributed by atoms with Gasteiger partial charge in [-0.15, -0.1) is 0 Å². The fourth-order valence-electron chi connectivity index (χ4n) is 3.44. The summed E-state index contributed by atoms with van der Waals surface area (Å²) in [6.07, 6.45) is 6.77. The molecular weight excluding hydrogens is 286 g/mol. The zero-order valence-electron chi connectivity index (χ0n) is 12.6. The van der Waals surface area contributed by atoms with E-state index in [0.717, 1.165) is 50.7 Å². The van der Waals surface area contributed by atoms with E-state index in [2.05, 4.69) is 10.2 Å². The minimum absolute atomic E-state index is 0.168. The van der Waals surface area contributed by atoms with Crippen LogP contribution >= 0.6 is 12.2 Å². The second-order valence-corrected chi connectivity index (χ2v) is 6.63. The zero-order valence-corrected chi connectivity index (χ0v) is 13.4. The van der Waals surface area contributed by atoms with Crippen LogP contribution in [-0.4, -0.2) is 65.8 Å². The summed E-state index contributed by atoms with van der Waals surface area (Å²) in [5.41, 5.74) is 0. The maximum atomic E-state index is 12.3. The summed E-state index contributed by atoms with van der Waals surface area (Å²) < 4.78 is 5.49. The van der Waals surface area contributed by atoms with Crippen LogP contribution in [0.5, 0.6) is 0 Å². The smallest absolute Gasteiger partial charge is 0.251 e. The molecule has 1 unspecified atom stereocenters. The first-order valence-corrected chi connectivity index (χ1v) is 8.61. The van der Waals surface area contributed by atoms with Crippen molar-refractivity contribution in [2.45, 2.75) is 50.7 Å². The van der Waals surface area contributed by atoms with Gasteiger partial charge in [-0.3, -0.25) is 4.79 Å². The van der Waals surface area contributed by atoms with E-state index in [4.69, 9.17) is 17.0 Å². The Hall–Kier alpha value is -0.880. The highest BCUT2D eigenvalue weighted by Crippen LogP contribution is 2.19. The Labute approximate surface area is 132 Å². The van der Waals surface area contributed by atoms with Crippen LogP contribution in [0.2, 0.25) is 0 Å². The van der Waals surface area contributed by atoms with Crippen LogP contribution in [0, 0.1) is 0 Å². The minimum atomic E-state index is -0.194. The first kappa shape index (κ1) is 15.0. The number of amides is 1. The van der Waals surface area contributed by atoms with Crippen LogP contribution in [0.25, 0.3) is 0 Å². The van der Waals surface area contributed by atoms with Crippen molar-refractivity contribution in [3.8, 4) is 0 Å². The van der Waals surface area contributed by atoms with Crippen molar-refractivity contribution >= 4 is 23.2 Å². The van der Waals surface area contributed by atoms with E-state index in [0.29, 0.717) is 6.04 Å². The summed E-state index contributed by atoms with van der Waals surface area (Å²) in [6.45, 7) is 3.90. The lowest BCUT2D eigenvalue weighted by Crippen LogP contribution is -2.55. The van der Waals surface area contributed by atoms with Crippen molar-refractivity contribution in [2.24, 2.45) is 0 Å². The molecule has 1 atom stereocenters. The van der Waals surface area contributed by atoms with Crippen LogP contribution in [-0.2, 0) is 9.53 Å². The van der Waals surface area contributed by atoms with Gasteiger partial charge in [0.2, 0.25) is 0 Å². The van der Waals surface area contributed by atoms with E-state index >= 15 is 0 Å². The van der Waals surface area contributed by atoms with Gasteiger partial charge >= 0.3 is 0 Å². The normalized spacial score (nSPS) is 27.1. The van der Waals surface area contributed by atoms with Gasteiger partial charge in [0.15, 0.2) is 5.11 Å². The van der Waals surface area contributed by atoms with Gasteiger partial charge < -0.3 is 19.9 Å². The highest BCUT2D eigenvalue weighted by Gasteiger charge is 2.31. The summed E-state index contributed by atoms with van der Waals surface area (Å²) >= 11 is 5.51. The van der Waals surface area contributed by atoms with Crippen LogP contribution in [0.1, 0.15) is 38.5 Å². The van der Waals surface area contributed by atoms with Crippen molar-refractivity contribution in [1.29, 1.82) is 0 Å². The molecule has 2 saturated heterocycles. The molecule has 0 radical (unpaired) electrons. The SMILES string of the molecule is O=C(C1CCCO1)N1CCN(C(=S)NC2CCCC2)CC1. The first-order chi connectivity index (χ1) is 10.2. The molecular formula is C15H25N3O2S. The average Bonchev–Trinajstić information content (AvgIpc) is 3.20. The number of thiocarbonyl (C=S) groups is 1. The fourth-order valence-corrected chi connectivity index (χ4v) is 3.79. The Morgan fingerprint density at radius 1 is 1.00 bits per heavy atom. The largest absolute Gasteiger partial charge is 0.368 e. The number of piperazine rings is 1. The molecule has 3 rings (SSSR count). The lowest BCUT2D eigenvalue weighted by molar-refractivity contribution is -0.142. The summed E-state index contributed by atoms with van der Waals surface area (Å²) in [5.74, 6) is 0.168. The van der Waals surface area contributed by atoms with Crippen molar-refractivity contribution < 1.29 is 9.53 Å². The number of hydrogen-bond donors (Lipinski definition) is 1. The summed E-state index contributed by atoms with van der Waals surface area (Å²) in [5, 5.41) is 4.34. The predicted molar refractivity (Wildman–Crippen MR) is 85.1 cm³/mol. The summed E-state index contributed by atoms with van der Waals surface area (Å²) in [7, 11) is 0. The van der Waals surface area contributed by atoms with E-state index in [-0.39, 0.29) is 12.0 Å². The van der Waals surface area contributed by atoms with Gasteiger partial charge in [-0.1, -0.05) is 12.8 Å². The molecule has 0 aromatic heterocycles. The predicted octanol–water partition coefficient (Wildman–Crippen LogP) is 1.13. The molecule has 118 valence electrons. The number of nitrogens with zero attached hydrogens (tertiary/aromatic N) is 2. The molecule has 2 heterocycles. The topological polar surface area (TPSA) is 44.8 Å².